The lowest BCUT2D eigenvalue weighted by Crippen LogP contribution is -2.45. The third kappa shape index (κ3) is 4.60. The Morgan fingerprint density at radius 3 is 2.62 bits per heavy atom. The highest BCUT2D eigenvalue weighted by Crippen LogP contribution is 2.14. The van der Waals surface area contributed by atoms with Crippen LogP contribution in [0.5, 0.6) is 0 Å². The number of likely N-dealkylation sites (tertiary alicyclic amines) is 1. The molecule has 114 valence electrons. The molecule has 1 aliphatic heterocycles. The van der Waals surface area contributed by atoms with Crippen molar-refractivity contribution in [3.63, 3.8) is 0 Å². The summed E-state index contributed by atoms with van der Waals surface area (Å²) in [6.45, 7) is 8.71. The molecule has 1 aromatic rings. The fourth-order valence-electron chi connectivity index (χ4n) is 2.52. The Balaban J connectivity index is 1.72. The molecule has 0 aromatic heterocycles. The van der Waals surface area contributed by atoms with Crippen LogP contribution in [0.15, 0.2) is 36.9 Å². The molecule has 4 heteroatoms. The molecule has 0 unspecified atom stereocenters. The molecule has 1 saturated heterocycles. The molecule has 1 aliphatic rings. The molecule has 0 radical (unpaired) electrons. The van der Waals surface area contributed by atoms with Gasteiger partial charge in [-0.1, -0.05) is 36.9 Å². The lowest BCUT2D eigenvalue weighted by molar-refractivity contribution is 0.0954. The lowest BCUT2D eigenvalue weighted by atomic mass is 10.0. The molecule has 1 heterocycles. The van der Waals surface area contributed by atoms with Gasteiger partial charge in [0.15, 0.2) is 0 Å². The zero-order valence-corrected chi connectivity index (χ0v) is 12.7. The van der Waals surface area contributed by atoms with E-state index in [1.165, 1.54) is 5.56 Å². The van der Waals surface area contributed by atoms with Gasteiger partial charge >= 0.3 is 6.09 Å². The maximum Gasteiger partial charge on any atom is 0.409 e. The largest absolute Gasteiger partial charge is 0.450 e. The smallest absolute Gasteiger partial charge is 0.409 e. The van der Waals surface area contributed by atoms with Gasteiger partial charge in [0.2, 0.25) is 0 Å². The van der Waals surface area contributed by atoms with Crippen molar-refractivity contribution in [1.29, 1.82) is 0 Å². The van der Waals surface area contributed by atoms with Crippen LogP contribution < -0.4 is 5.32 Å². The van der Waals surface area contributed by atoms with Crippen LogP contribution in [0.3, 0.4) is 0 Å². The molecular formula is C17H24N2O2. The SMILES string of the molecule is C=C(CNC1CCN(C(=O)OCC)CC1)c1ccccc1. The van der Waals surface area contributed by atoms with E-state index >= 15 is 0 Å². The van der Waals surface area contributed by atoms with Crippen LogP contribution in [-0.2, 0) is 4.74 Å². The summed E-state index contributed by atoms with van der Waals surface area (Å²) in [5.74, 6) is 0. The predicted molar refractivity (Wildman–Crippen MR) is 85.1 cm³/mol. The second-order valence-electron chi connectivity index (χ2n) is 5.31. The van der Waals surface area contributed by atoms with E-state index in [4.69, 9.17) is 4.74 Å². The minimum Gasteiger partial charge on any atom is -0.450 e. The van der Waals surface area contributed by atoms with Gasteiger partial charge in [-0.2, -0.15) is 0 Å². The van der Waals surface area contributed by atoms with Crippen molar-refractivity contribution in [2.75, 3.05) is 26.2 Å². The summed E-state index contributed by atoms with van der Waals surface area (Å²) in [6.07, 6.45) is 1.73. The first kappa shape index (κ1) is 15.6. The van der Waals surface area contributed by atoms with E-state index in [9.17, 15) is 4.79 Å². The van der Waals surface area contributed by atoms with Gasteiger partial charge in [-0.25, -0.2) is 4.79 Å². The molecule has 2 rings (SSSR count). The van der Waals surface area contributed by atoms with Crippen molar-refractivity contribution in [3.05, 3.63) is 42.5 Å². The van der Waals surface area contributed by atoms with Crippen molar-refractivity contribution in [2.45, 2.75) is 25.8 Å². The third-order valence-electron chi connectivity index (χ3n) is 3.81. The van der Waals surface area contributed by atoms with E-state index in [0.29, 0.717) is 12.6 Å². The van der Waals surface area contributed by atoms with Crippen LogP contribution in [0.2, 0.25) is 0 Å². The Bertz CT molecular complexity index is 465. The van der Waals surface area contributed by atoms with Crippen LogP contribution in [0, 0.1) is 0 Å². The quantitative estimate of drug-likeness (QED) is 0.906. The van der Waals surface area contributed by atoms with Crippen molar-refractivity contribution in [3.8, 4) is 0 Å². The molecule has 1 amide bonds. The topological polar surface area (TPSA) is 41.6 Å². The van der Waals surface area contributed by atoms with Crippen LogP contribution in [0.1, 0.15) is 25.3 Å². The molecule has 0 spiro atoms. The van der Waals surface area contributed by atoms with Crippen LogP contribution in [0.25, 0.3) is 5.57 Å². The fraction of sp³-hybridized carbons (Fsp3) is 0.471. The average Bonchev–Trinajstić information content (AvgIpc) is 2.54. The number of benzene rings is 1. The van der Waals surface area contributed by atoms with Gasteiger partial charge < -0.3 is 15.0 Å². The van der Waals surface area contributed by atoms with Crippen LogP contribution >= 0.6 is 0 Å². The molecule has 21 heavy (non-hydrogen) atoms. The summed E-state index contributed by atoms with van der Waals surface area (Å²) in [4.78, 5) is 13.4. The Morgan fingerprint density at radius 1 is 1.33 bits per heavy atom. The summed E-state index contributed by atoms with van der Waals surface area (Å²) in [5.41, 5.74) is 2.28. The summed E-state index contributed by atoms with van der Waals surface area (Å²) in [6, 6.07) is 10.7. The lowest BCUT2D eigenvalue weighted by Gasteiger charge is -2.31. The van der Waals surface area contributed by atoms with Gasteiger partial charge in [0, 0.05) is 25.7 Å². The summed E-state index contributed by atoms with van der Waals surface area (Å²) >= 11 is 0. The van der Waals surface area contributed by atoms with E-state index in [2.05, 4.69) is 24.0 Å². The number of hydrogen-bond donors (Lipinski definition) is 1. The number of hydrogen-bond acceptors (Lipinski definition) is 3. The monoisotopic (exact) mass is 288 g/mol. The first-order valence-electron chi connectivity index (χ1n) is 7.59. The zero-order valence-electron chi connectivity index (χ0n) is 12.7. The standard InChI is InChI=1S/C17H24N2O2/c1-3-21-17(20)19-11-9-16(10-12-19)18-13-14(2)15-7-5-4-6-8-15/h4-8,16,18H,2-3,9-13H2,1H3. The van der Waals surface area contributed by atoms with Gasteiger partial charge in [-0.05, 0) is 30.9 Å². The Kier molecular flexibility index (Phi) is 5.81. The third-order valence-corrected chi connectivity index (χ3v) is 3.81. The number of carbonyl (C=O) groups is 1. The van der Waals surface area contributed by atoms with E-state index in [1.807, 2.05) is 25.1 Å². The molecule has 1 aromatic carbocycles. The second kappa shape index (κ2) is 7.84. The van der Waals surface area contributed by atoms with E-state index < -0.39 is 0 Å². The summed E-state index contributed by atoms with van der Waals surface area (Å²) in [7, 11) is 0. The Labute approximate surface area is 126 Å². The number of carbonyl (C=O) groups excluding carboxylic acids is 1. The molecule has 0 bridgehead atoms. The Morgan fingerprint density at radius 2 is 2.00 bits per heavy atom. The zero-order chi connectivity index (χ0) is 15.1. The van der Waals surface area contributed by atoms with E-state index in [0.717, 1.165) is 38.0 Å². The summed E-state index contributed by atoms with van der Waals surface area (Å²) < 4.78 is 5.03. The number of ether oxygens (including phenoxy) is 1. The van der Waals surface area contributed by atoms with Crippen molar-refractivity contribution in [2.24, 2.45) is 0 Å². The van der Waals surface area contributed by atoms with Gasteiger partial charge in [0.25, 0.3) is 0 Å². The molecular weight excluding hydrogens is 264 g/mol. The first-order chi connectivity index (χ1) is 10.2. The number of rotatable bonds is 5. The average molecular weight is 288 g/mol. The highest BCUT2D eigenvalue weighted by atomic mass is 16.6. The van der Waals surface area contributed by atoms with Gasteiger partial charge in [-0.15, -0.1) is 0 Å². The van der Waals surface area contributed by atoms with Crippen LogP contribution in [0.4, 0.5) is 4.79 Å². The maximum absolute atomic E-state index is 11.6. The van der Waals surface area contributed by atoms with Gasteiger partial charge in [-0.3, -0.25) is 0 Å². The molecule has 0 aliphatic carbocycles. The normalized spacial score (nSPS) is 15.8. The number of nitrogens with zero attached hydrogens (tertiary/aromatic N) is 1. The number of nitrogens with one attached hydrogen (secondary N) is 1. The Hall–Kier alpha value is -1.81. The van der Waals surface area contributed by atoms with E-state index in [-0.39, 0.29) is 6.09 Å². The van der Waals surface area contributed by atoms with Crippen molar-refractivity contribution in [1.82, 2.24) is 10.2 Å². The number of amides is 1. The number of piperidine rings is 1. The molecule has 1 N–H and O–H groups in total. The van der Waals surface area contributed by atoms with Crippen LogP contribution in [-0.4, -0.2) is 43.3 Å². The highest BCUT2D eigenvalue weighted by Gasteiger charge is 2.23. The van der Waals surface area contributed by atoms with Gasteiger partial charge in [0.1, 0.15) is 0 Å². The van der Waals surface area contributed by atoms with E-state index in [1.54, 1.807) is 4.90 Å². The molecule has 0 atom stereocenters. The molecule has 0 saturated carbocycles. The van der Waals surface area contributed by atoms with Crippen molar-refractivity contribution < 1.29 is 9.53 Å². The minimum atomic E-state index is -0.190. The fourth-order valence-corrected chi connectivity index (χ4v) is 2.52. The first-order valence-corrected chi connectivity index (χ1v) is 7.59. The van der Waals surface area contributed by atoms with Crippen molar-refractivity contribution >= 4 is 11.7 Å². The highest BCUT2D eigenvalue weighted by molar-refractivity contribution is 5.67. The summed E-state index contributed by atoms with van der Waals surface area (Å²) in [5, 5.41) is 3.53. The predicted octanol–water partition coefficient (Wildman–Crippen LogP) is 2.91. The molecule has 1 fully saturated rings. The minimum absolute atomic E-state index is 0.190. The second-order valence-corrected chi connectivity index (χ2v) is 5.31. The molecule has 4 nitrogen and oxygen atoms in total. The maximum atomic E-state index is 11.6. The van der Waals surface area contributed by atoms with Gasteiger partial charge in [0.05, 0.1) is 6.61 Å².